The zero-order valence-electron chi connectivity index (χ0n) is 10.4. The van der Waals surface area contributed by atoms with Gasteiger partial charge in [-0.15, -0.1) is 0 Å². The molecule has 0 saturated carbocycles. The average Bonchev–Trinajstić information content (AvgIpc) is 2.94. The Balaban J connectivity index is 2.02. The molecule has 0 aliphatic carbocycles. The summed E-state index contributed by atoms with van der Waals surface area (Å²) in [6.45, 7) is 0. The van der Waals surface area contributed by atoms with Gasteiger partial charge in [-0.05, 0) is 12.1 Å². The largest absolute Gasteiger partial charge is 0.368 e. The number of fused-ring (bicyclic) bond motifs is 2. The molecular weight excluding hydrogens is 252 g/mol. The van der Waals surface area contributed by atoms with Gasteiger partial charge < -0.3 is 10.7 Å². The lowest BCUT2D eigenvalue weighted by Crippen LogP contribution is -1.98. The zero-order valence-corrected chi connectivity index (χ0v) is 10.4. The van der Waals surface area contributed by atoms with Gasteiger partial charge in [0.05, 0.1) is 11.8 Å². The summed E-state index contributed by atoms with van der Waals surface area (Å²) >= 11 is 0. The molecule has 1 aromatic carbocycles. The van der Waals surface area contributed by atoms with Crippen molar-refractivity contribution in [3.63, 3.8) is 0 Å². The van der Waals surface area contributed by atoms with Crippen molar-refractivity contribution >= 4 is 28.0 Å². The number of aromatic amines is 1. The minimum atomic E-state index is 0.209. The predicted molar refractivity (Wildman–Crippen MR) is 76.8 cm³/mol. The molecule has 20 heavy (non-hydrogen) atoms. The summed E-state index contributed by atoms with van der Waals surface area (Å²) in [6, 6.07) is 9.92. The smallest absolute Gasteiger partial charge is 0.222 e. The number of rotatable bonds is 1. The van der Waals surface area contributed by atoms with Gasteiger partial charge in [0, 0.05) is 17.1 Å². The number of anilines is 1. The molecule has 6 heteroatoms. The molecular formula is C14H10N6. The first-order valence-corrected chi connectivity index (χ1v) is 6.13. The maximum absolute atomic E-state index is 5.74. The predicted octanol–water partition coefficient (Wildman–Crippen LogP) is 2.15. The van der Waals surface area contributed by atoms with E-state index in [1.54, 1.807) is 12.5 Å². The van der Waals surface area contributed by atoms with Gasteiger partial charge in [-0.1, -0.05) is 18.2 Å². The lowest BCUT2D eigenvalue weighted by molar-refractivity contribution is 1.22. The monoisotopic (exact) mass is 262 g/mol. The van der Waals surface area contributed by atoms with Gasteiger partial charge in [0.15, 0.2) is 5.65 Å². The molecule has 0 bridgehead atoms. The summed E-state index contributed by atoms with van der Waals surface area (Å²) in [5.41, 5.74) is 9.65. The van der Waals surface area contributed by atoms with Crippen LogP contribution in [-0.2, 0) is 0 Å². The second-order valence-corrected chi connectivity index (χ2v) is 4.44. The molecule has 0 atom stereocenters. The fourth-order valence-corrected chi connectivity index (χ4v) is 2.27. The number of nitrogen functional groups attached to an aromatic ring is 1. The highest BCUT2D eigenvalue weighted by atomic mass is 15.1. The molecule has 0 unspecified atom stereocenters. The highest BCUT2D eigenvalue weighted by Crippen LogP contribution is 2.26. The second kappa shape index (κ2) is 3.99. The van der Waals surface area contributed by atoms with Gasteiger partial charge >= 0.3 is 0 Å². The fraction of sp³-hybridized carbons (Fsp3) is 0. The number of hydrogen-bond acceptors (Lipinski definition) is 5. The maximum atomic E-state index is 5.74. The van der Waals surface area contributed by atoms with Gasteiger partial charge in [-0.2, -0.15) is 4.98 Å². The van der Waals surface area contributed by atoms with Crippen molar-refractivity contribution in [2.45, 2.75) is 0 Å². The number of nitrogens with two attached hydrogens (primary N) is 1. The molecule has 4 aromatic rings. The highest BCUT2D eigenvalue weighted by molar-refractivity contribution is 5.91. The van der Waals surface area contributed by atoms with E-state index in [2.05, 4.69) is 24.9 Å². The van der Waals surface area contributed by atoms with Crippen LogP contribution in [-0.4, -0.2) is 24.9 Å². The van der Waals surface area contributed by atoms with Crippen LogP contribution in [0.15, 0.2) is 42.9 Å². The van der Waals surface area contributed by atoms with Crippen LogP contribution in [0.1, 0.15) is 0 Å². The summed E-state index contributed by atoms with van der Waals surface area (Å²) < 4.78 is 0. The van der Waals surface area contributed by atoms with Crippen LogP contribution in [0, 0.1) is 0 Å². The van der Waals surface area contributed by atoms with E-state index in [0.717, 1.165) is 27.7 Å². The number of nitrogens with zero attached hydrogens (tertiary/aromatic N) is 4. The van der Waals surface area contributed by atoms with Crippen molar-refractivity contribution in [3.05, 3.63) is 42.9 Å². The number of nitrogens with one attached hydrogen (secondary N) is 1. The first-order chi connectivity index (χ1) is 9.81. The van der Waals surface area contributed by atoms with Crippen LogP contribution in [0.3, 0.4) is 0 Å². The molecule has 6 nitrogen and oxygen atoms in total. The molecule has 3 heterocycles. The van der Waals surface area contributed by atoms with Gasteiger partial charge in [0.2, 0.25) is 5.95 Å². The van der Waals surface area contributed by atoms with E-state index in [-0.39, 0.29) is 5.95 Å². The minimum Gasteiger partial charge on any atom is -0.368 e. The topological polar surface area (TPSA) is 93.4 Å². The normalized spacial score (nSPS) is 11.2. The Morgan fingerprint density at radius 2 is 2.00 bits per heavy atom. The minimum absolute atomic E-state index is 0.209. The fourth-order valence-electron chi connectivity index (χ4n) is 2.27. The number of aromatic nitrogens is 5. The summed E-state index contributed by atoms with van der Waals surface area (Å²) in [7, 11) is 0. The molecule has 0 spiro atoms. The van der Waals surface area contributed by atoms with Gasteiger partial charge in [0.25, 0.3) is 0 Å². The quantitative estimate of drug-likeness (QED) is 0.548. The summed E-state index contributed by atoms with van der Waals surface area (Å²) in [5.74, 6) is 0.209. The van der Waals surface area contributed by atoms with Crippen molar-refractivity contribution in [2.24, 2.45) is 0 Å². The van der Waals surface area contributed by atoms with Gasteiger partial charge in [-0.3, -0.25) is 4.98 Å². The van der Waals surface area contributed by atoms with Crippen LogP contribution in [0.4, 0.5) is 5.95 Å². The van der Waals surface area contributed by atoms with Crippen LogP contribution < -0.4 is 5.73 Å². The highest BCUT2D eigenvalue weighted by Gasteiger charge is 2.11. The van der Waals surface area contributed by atoms with E-state index >= 15 is 0 Å². The van der Waals surface area contributed by atoms with Crippen LogP contribution in [0.25, 0.3) is 33.3 Å². The first-order valence-electron chi connectivity index (χ1n) is 6.13. The Morgan fingerprint density at radius 3 is 2.95 bits per heavy atom. The molecule has 3 N–H and O–H groups in total. The van der Waals surface area contributed by atoms with Gasteiger partial charge in [-0.25, -0.2) is 9.97 Å². The van der Waals surface area contributed by atoms with Crippen molar-refractivity contribution < 1.29 is 0 Å². The maximum Gasteiger partial charge on any atom is 0.222 e. The Labute approximate surface area is 113 Å². The van der Waals surface area contributed by atoms with Crippen LogP contribution in [0.2, 0.25) is 0 Å². The van der Waals surface area contributed by atoms with E-state index in [1.165, 1.54) is 0 Å². The van der Waals surface area contributed by atoms with E-state index in [1.807, 2.05) is 30.3 Å². The van der Waals surface area contributed by atoms with E-state index in [0.29, 0.717) is 5.65 Å². The van der Waals surface area contributed by atoms with E-state index < -0.39 is 0 Å². The van der Waals surface area contributed by atoms with Crippen molar-refractivity contribution in [1.29, 1.82) is 0 Å². The molecule has 0 aliphatic rings. The molecule has 0 radical (unpaired) electrons. The number of benzene rings is 1. The average molecular weight is 262 g/mol. The Morgan fingerprint density at radius 1 is 1.05 bits per heavy atom. The zero-order chi connectivity index (χ0) is 13.5. The van der Waals surface area contributed by atoms with Crippen LogP contribution in [0.5, 0.6) is 0 Å². The van der Waals surface area contributed by atoms with Crippen molar-refractivity contribution in [2.75, 3.05) is 5.73 Å². The molecule has 4 rings (SSSR count). The molecule has 0 fully saturated rings. The Bertz CT molecular complexity index is 927. The van der Waals surface area contributed by atoms with E-state index in [9.17, 15) is 0 Å². The van der Waals surface area contributed by atoms with Crippen molar-refractivity contribution in [1.82, 2.24) is 24.9 Å². The Kier molecular flexibility index (Phi) is 2.17. The number of imidazole rings is 1. The molecule has 96 valence electrons. The lowest BCUT2D eigenvalue weighted by atomic mass is 10.1. The third-order valence-electron chi connectivity index (χ3n) is 3.18. The number of hydrogen-bond donors (Lipinski definition) is 2. The number of pyridine rings is 1. The standard InChI is InChI=1S/C14H10N6/c15-14-19-11(12-13(20-14)18-7-17-12)9-4-3-8-2-1-5-16-10(8)6-9/h1-7H,(H3,15,17,18,19,20). The van der Waals surface area contributed by atoms with Crippen molar-refractivity contribution in [3.8, 4) is 11.3 Å². The number of H-pyrrole nitrogens is 1. The molecule has 0 saturated heterocycles. The van der Waals surface area contributed by atoms with E-state index in [4.69, 9.17) is 5.73 Å². The summed E-state index contributed by atoms with van der Waals surface area (Å²) in [6.07, 6.45) is 3.35. The third kappa shape index (κ3) is 1.58. The van der Waals surface area contributed by atoms with Gasteiger partial charge in [0.1, 0.15) is 11.2 Å². The molecule has 0 aliphatic heterocycles. The summed E-state index contributed by atoms with van der Waals surface area (Å²) in [4.78, 5) is 19.9. The summed E-state index contributed by atoms with van der Waals surface area (Å²) in [5, 5.41) is 1.08. The molecule has 0 amide bonds. The second-order valence-electron chi connectivity index (χ2n) is 4.44. The lowest BCUT2D eigenvalue weighted by Gasteiger charge is -2.04. The SMILES string of the molecule is Nc1nc(-c2ccc3cccnc3c2)c2[nH]cnc2n1. The molecule has 3 aromatic heterocycles. The first kappa shape index (κ1) is 10.9. The van der Waals surface area contributed by atoms with Crippen LogP contribution >= 0.6 is 0 Å². The third-order valence-corrected chi connectivity index (χ3v) is 3.18. The Hall–Kier alpha value is -3.02.